The van der Waals surface area contributed by atoms with Crippen LogP contribution >= 0.6 is 0 Å². The number of carboxylic acids is 1. The number of ether oxygens (including phenoxy) is 2. The van der Waals surface area contributed by atoms with Crippen molar-refractivity contribution in [1.82, 2.24) is 5.32 Å². The van der Waals surface area contributed by atoms with E-state index >= 15 is 0 Å². The van der Waals surface area contributed by atoms with Gasteiger partial charge in [0, 0.05) is 17.8 Å². The van der Waals surface area contributed by atoms with E-state index in [1.165, 1.54) is 13.2 Å². The number of methoxy groups -OCH3 is 1. The summed E-state index contributed by atoms with van der Waals surface area (Å²) in [7, 11) is 1.37. The minimum Gasteiger partial charge on any atom is -0.496 e. The maximum Gasteiger partial charge on any atom is 0.306 e. The molecule has 0 radical (unpaired) electrons. The third-order valence-corrected chi connectivity index (χ3v) is 8.37. The number of aliphatic carboxylic acids is 1. The second-order valence-corrected chi connectivity index (χ2v) is 10.6. The van der Waals surface area contributed by atoms with Gasteiger partial charge in [-0.05, 0) is 75.0 Å². The molecule has 0 heterocycles. The quantitative estimate of drug-likeness (QED) is 0.464. The van der Waals surface area contributed by atoms with Crippen molar-refractivity contribution in [2.75, 3.05) is 12.4 Å². The summed E-state index contributed by atoms with van der Waals surface area (Å²) in [6.07, 6.45) is 4.35. The number of amides is 2. The Hall–Kier alpha value is -3.62. The second-order valence-electron chi connectivity index (χ2n) is 10.6. The van der Waals surface area contributed by atoms with E-state index in [0.29, 0.717) is 31.4 Å². The molecular formula is C29H33FN2O6. The van der Waals surface area contributed by atoms with Crippen molar-refractivity contribution in [3.8, 4) is 11.5 Å². The number of nitrogens with one attached hydrogen (secondary N) is 2. The number of para-hydroxylation sites is 1. The molecule has 0 aliphatic heterocycles. The fourth-order valence-corrected chi connectivity index (χ4v) is 6.43. The number of fused-ring (bicyclic) bond motifs is 2. The Labute approximate surface area is 220 Å². The van der Waals surface area contributed by atoms with Crippen molar-refractivity contribution in [3.63, 3.8) is 0 Å². The number of anilines is 1. The molecule has 0 spiro atoms. The Morgan fingerprint density at radius 2 is 1.66 bits per heavy atom. The lowest BCUT2D eigenvalue weighted by molar-refractivity contribution is -0.143. The molecule has 3 aliphatic carbocycles. The Kier molecular flexibility index (Phi) is 7.53. The van der Waals surface area contributed by atoms with Crippen molar-refractivity contribution in [3.05, 3.63) is 53.8 Å². The molecule has 0 aromatic heterocycles. The van der Waals surface area contributed by atoms with Crippen LogP contribution in [0.1, 0.15) is 55.3 Å². The Morgan fingerprint density at radius 3 is 2.34 bits per heavy atom. The van der Waals surface area contributed by atoms with Crippen molar-refractivity contribution >= 4 is 23.5 Å². The zero-order valence-corrected chi connectivity index (χ0v) is 21.3. The molecule has 3 N–H and O–H groups in total. The fraction of sp³-hybridized carbons (Fsp3) is 0.483. The van der Waals surface area contributed by atoms with Gasteiger partial charge in [-0.15, -0.1) is 0 Å². The largest absolute Gasteiger partial charge is 0.496 e. The molecule has 2 bridgehead atoms. The normalized spacial score (nSPS) is 27.9. The monoisotopic (exact) mass is 524 g/mol. The third-order valence-electron chi connectivity index (χ3n) is 8.37. The van der Waals surface area contributed by atoms with E-state index in [0.717, 1.165) is 25.3 Å². The van der Waals surface area contributed by atoms with Crippen LogP contribution in [0.4, 0.5) is 10.1 Å². The number of halogens is 1. The van der Waals surface area contributed by atoms with E-state index in [9.17, 15) is 23.9 Å². The maximum atomic E-state index is 14.9. The van der Waals surface area contributed by atoms with Crippen LogP contribution in [0.15, 0.2) is 42.5 Å². The van der Waals surface area contributed by atoms with E-state index in [4.69, 9.17) is 9.47 Å². The Balaban J connectivity index is 1.31. The number of carbonyl (C=O) groups excluding carboxylic acids is 2. The van der Waals surface area contributed by atoms with Gasteiger partial charge in [0.1, 0.15) is 5.75 Å². The van der Waals surface area contributed by atoms with Crippen molar-refractivity contribution in [1.29, 1.82) is 0 Å². The first-order valence-electron chi connectivity index (χ1n) is 13.3. The number of rotatable bonds is 8. The van der Waals surface area contributed by atoms with E-state index in [2.05, 4.69) is 10.6 Å². The molecule has 8 nitrogen and oxygen atoms in total. The molecule has 2 amide bonds. The summed E-state index contributed by atoms with van der Waals surface area (Å²) in [5.41, 5.74) is 0.845. The summed E-state index contributed by atoms with van der Waals surface area (Å²) in [4.78, 5) is 38.0. The fourth-order valence-electron chi connectivity index (χ4n) is 6.43. The molecule has 2 aromatic carbocycles. The summed E-state index contributed by atoms with van der Waals surface area (Å²) < 4.78 is 26.1. The molecule has 4 atom stereocenters. The molecule has 3 aliphatic rings. The molecule has 3 fully saturated rings. The van der Waals surface area contributed by atoms with Crippen molar-refractivity contribution in [2.45, 2.75) is 57.1 Å². The minimum absolute atomic E-state index is 0.0685. The van der Waals surface area contributed by atoms with E-state index in [1.54, 1.807) is 0 Å². The summed E-state index contributed by atoms with van der Waals surface area (Å²) in [5, 5.41) is 15.3. The van der Waals surface area contributed by atoms with E-state index in [-0.39, 0.29) is 52.9 Å². The molecule has 9 heteroatoms. The highest BCUT2D eigenvalue weighted by Crippen LogP contribution is 2.49. The molecule has 3 saturated carbocycles. The van der Waals surface area contributed by atoms with Gasteiger partial charge in [0.2, 0.25) is 5.91 Å². The zero-order valence-electron chi connectivity index (χ0n) is 21.3. The number of hydrogen-bond donors (Lipinski definition) is 3. The lowest BCUT2D eigenvalue weighted by Crippen LogP contribution is -2.48. The molecule has 38 heavy (non-hydrogen) atoms. The average molecular weight is 525 g/mol. The molecule has 2 aromatic rings. The van der Waals surface area contributed by atoms with E-state index < -0.39 is 23.6 Å². The minimum atomic E-state index is -0.825. The summed E-state index contributed by atoms with van der Waals surface area (Å²) in [5.74, 6) is -2.40. The van der Waals surface area contributed by atoms with Gasteiger partial charge in [0.05, 0.1) is 30.6 Å². The number of carbonyl (C=O) groups is 3. The molecule has 4 unspecified atom stereocenters. The third kappa shape index (κ3) is 5.33. The first-order valence-corrected chi connectivity index (χ1v) is 13.3. The summed E-state index contributed by atoms with van der Waals surface area (Å²) in [6, 6.07) is 11.4. The highest BCUT2D eigenvalue weighted by molar-refractivity contribution is 5.99. The Bertz CT molecular complexity index is 1200. The summed E-state index contributed by atoms with van der Waals surface area (Å²) in [6.45, 7) is 0. The van der Waals surface area contributed by atoms with Crippen LogP contribution in [0.2, 0.25) is 0 Å². The second kappa shape index (κ2) is 11.0. The van der Waals surface area contributed by atoms with Crippen LogP contribution in [-0.2, 0) is 9.59 Å². The lowest BCUT2D eigenvalue weighted by Gasteiger charge is -2.31. The highest BCUT2D eigenvalue weighted by Gasteiger charge is 2.51. The zero-order chi connectivity index (χ0) is 26.8. The average Bonchev–Trinajstić information content (AvgIpc) is 3.52. The first kappa shape index (κ1) is 26.0. The van der Waals surface area contributed by atoms with Gasteiger partial charge in [-0.1, -0.05) is 18.2 Å². The van der Waals surface area contributed by atoms with Gasteiger partial charge in [0.25, 0.3) is 5.91 Å². The summed E-state index contributed by atoms with van der Waals surface area (Å²) >= 11 is 0. The smallest absolute Gasteiger partial charge is 0.306 e. The van der Waals surface area contributed by atoms with Crippen LogP contribution < -0.4 is 20.1 Å². The predicted molar refractivity (Wildman–Crippen MR) is 138 cm³/mol. The van der Waals surface area contributed by atoms with Gasteiger partial charge in [0.15, 0.2) is 11.6 Å². The SMILES string of the molecule is COc1cc(F)c(OC2CCC(C(=O)O)CC2)cc1C(=O)NC1C2CCC(C2)C1C(=O)Nc1ccccc1. The van der Waals surface area contributed by atoms with Crippen LogP contribution in [-0.4, -0.2) is 42.1 Å². The van der Waals surface area contributed by atoms with Crippen LogP contribution in [0.5, 0.6) is 11.5 Å². The maximum absolute atomic E-state index is 14.9. The van der Waals surface area contributed by atoms with Gasteiger partial charge >= 0.3 is 5.97 Å². The first-order chi connectivity index (χ1) is 18.3. The van der Waals surface area contributed by atoms with Gasteiger partial charge in [-0.2, -0.15) is 0 Å². The molecular weight excluding hydrogens is 491 g/mol. The van der Waals surface area contributed by atoms with E-state index in [1.807, 2.05) is 30.3 Å². The van der Waals surface area contributed by atoms with Crippen LogP contribution in [0, 0.1) is 29.5 Å². The molecule has 5 rings (SSSR count). The number of benzene rings is 2. The van der Waals surface area contributed by atoms with Crippen LogP contribution in [0.3, 0.4) is 0 Å². The van der Waals surface area contributed by atoms with Crippen LogP contribution in [0.25, 0.3) is 0 Å². The van der Waals surface area contributed by atoms with Crippen molar-refractivity contribution in [2.24, 2.45) is 23.7 Å². The molecule has 202 valence electrons. The van der Waals surface area contributed by atoms with Crippen molar-refractivity contribution < 1.29 is 33.4 Å². The standard InChI is InChI=1S/C29H33FN2O6/c1-37-23-15-22(30)24(38-20-11-9-16(10-12-20)29(35)36)14-21(23)27(33)32-26-18-8-7-17(13-18)25(26)28(34)31-19-5-3-2-4-6-19/h2-6,14-18,20,25-26H,7-13H2,1H3,(H,31,34)(H,32,33)(H,35,36). The van der Waals surface area contributed by atoms with Gasteiger partial charge in [-0.25, -0.2) is 4.39 Å². The lowest BCUT2D eigenvalue weighted by atomic mass is 9.83. The Morgan fingerprint density at radius 1 is 0.947 bits per heavy atom. The number of carboxylic acid groups (broad SMARTS) is 1. The number of hydrogen-bond acceptors (Lipinski definition) is 5. The highest BCUT2D eigenvalue weighted by atomic mass is 19.1. The predicted octanol–water partition coefficient (Wildman–Crippen LogP) is 4.64. The van der Waals surface area contributed by atoms with Gasteiger partial charge < -0.3 is 25.2 Å². The topological polar surface area (TPSA) is 114 Å². The molecule has 0 saturated heterocycles. The van der Waals surface area contributed by atoms with Gasteiger partial charge in [-0.3, -0.25) is 14.4 Å².